The van der Waals surface area contributed by atoms with Crippen molar-refractivity contribution in [3.05, 3.63) is 28.2 Å². The molecule has 1 aliphatic heterocycles. The van der Waals surface area contributed by atoms with E-state index in [9.17, 15) is 0 Å². The lowest BCUT2D eigenvalue weighted by Gasteiger charge is -2.40. The van der Waals surface area contributed by atoms with E-state index < -0.39 is 0 Å². The van der Waals surface area contributed by atoms with Gasteiger partial charge in [-0.25, -0.2) is 0 Å². The number of piperazine rings is 1. The lowest BCUT2D eigenvalue weighted by atomic mass is 10.1. The van der Waals surface area contributed by atoms with Crippen molar-refractivity contribution in [2.75, 3.05) is 31.6 Å². The van der Waals surface area contributed by atoms with Crippen LogP contribution in [0.4, 0.5) is 5.69 Å². The zero-order valence-electron chi connectivity index (χ0n) is 11.4. The van der Waals surface area contributed by atoms with Crippen molar-refractivity contribution >= 4 is 21.6 Å². The van der Waals surface area contributed by atoms with Crippen LogP contribution < -0.4 is 10.6 Å². The maximum Gasteiger partial charge on any atom is 0.0514 e. The molecule has 1 heterocycles. The van der Waals surface area contributed by atoms with Crippen LogP contribution in [0, 0.1) is 0 Å². The smallest absolute Gasteiger partial charge is 0.0514 e. The Balaban J connectivity index is 2.23. The third-order valence-electron chi connectivity index (χ3n) is 3.64. The van der Waals surface area contributed by atoms with E-state index in [1.807, 2.05) is 6.92 Å². The summed E-state index contributed by atoms with van der Waals surface area (Å²) in [6, 6.07) is 7.09. The Morgan fingerprint density at radius 1 is 1.39 bits per heavy atom. The number of hydrogen-bond acceptors (Lipinski definition) is 3. The molecule has 1 aromatic carbocycles. The number of anilines is 1. The third kappa shape index (κ3) is 2.87. The molecule has 0 aromatic heterocycles. The Kier molecular flexibility index (Phi) is 4.30. The molecule has 3 nitrogen and oxygen atoms in total. The molecule has 0 amide bonds. The molecule has 1 saturated heterocycles. The van der Waals surface area contributed by atoms with Gasteiger partial charge in [0.2, 0.25) is 0 Å². The minimum absolute atomic E-state index is 0.0836. The largest absolute Gasteiger partial charge is 0.365 e. The number of nitrogens with zero attached hydrogens (tertiary/aromatic N) is 2. The average Bonchev–Trinajstić information content (AvgIpc) is 2.30. The van der Waals surface area contributed by atoms with Crippen molar-refractivity contribution in [2.24, 2.45) is 5.73 Å². The van der Waals surface area contributed by atoms with Crippen molar-refractivity contribution in [1.82, 2.24) is 4.90 Å². The van der Waals surface area contributed by atoms with E-state index in [0.717, 1.165) is 24.1 Å². The summed E-state index contributed by atoms with van der Waals surface area (Å²) in [7, 11) is 2.18. The van der Waals surface area contributed by atoms with Crippen molar-refractivity contribution in [2.45, 2.75) is 25.9 Å². The average molecular weight is 312 g/mol. The Labute approximate surface area is 118 Å². The fourth-order valence-electron chi connectivity index (χ4n) is 2.54. The second-order valence-electron chi connectivity index (χ2n) is 5.30. The summed E-state index contributed by atoms with van der Waals surface area (Å²) in [6.07, 6.45) is 0. The SMILES string of the molecule is CC(N)c1ccc(N2CCN(C)CC2C)c(Br)c1. The van der Waals surface area contributed by atoms with E-state index >= 15 is 0 Å². The van der Waals surface area contributed by atoms with E-state index in [0.29, 0.717) is 6.04 Å². The molecule has 100 valence electrons. The van der Waals surface area contributed by atoms with Gasteiger partial charge in [0.1, 0.15) is 0 Å². The molecule has 0 radical (unpaired) electrons. The van der Waals surface area contributed by atoms with Gasteiger partial charge in [-0.1, -0.05) is 6.07 Å². The Hall–Kier alpha value is -0.580. The number of nitrogens with two attached hydrogens (primary N) is 1. The highest BCUT2D eigenvalue weighted by Gasteiger charge is 2.23. The predicted octanol–water partition coefficient (Wildman–Crippen LogP) is 2.61. The third-order valence-corrected chi connectivity index (χ3v) is 4.27. The summed E-state index contributed by atoms with van der Waals surface area (Å²) < 4.78 is 1.15. The number of halogens is 1. The summed E-state index contributed by atoms with van der Waals surface area (Å²) in [5, 5.41) is 0. The molecule has 4 heteroatoms. The standard InChI is InChI=1S/C14H22BrN3/c1-10-9-17(3)6-7-18(10)14-5-4-12(11(2)16)8-13(14)15/h4-5,8,10-11H,6-7,9,16H2,1-3H3. The summed E-state index contributed by atoms with van der Waals surface area (Å²) in [6.45, 7) is 7.60. The van der Waals surface area contributed by atoms with Gasteiger partial charge in [0.05, 0.1) is 5.69 Å². The van der Waals surface area contributed by atoms with E-state index in [4.69, 9.17) is 5.73 Å². The molecule has 2 N–H and O–H groups in total. The molecule has 2 atom stereocenters. The van der Waals surface area contributed by atoms with E-state index in [1.54, 1.807) is 0 Å². The highest BCUT2D eigenvalue weighted by Crippen LogP contribution is 2.31. The molecule has 2 unspecified atom stereocenters. The molecular weight excluding hydrogens is 290 g/mol. The van der Waals surface area contributed by atoms with Gasteiger partial charge in [0, 0.05) is 36.2 Å². The van der Waals surface area contributed by atoms with Crippen LogP contribution in [0.25, 0.3) is 0 Å². The molecule has 0 bridgehead atoms. The zero-order chi connectivity index (χ0) is 13.3. The van der Waals surface area contributed by atoms with E-state index in [1.165, 1.54) is 11.3 Å². The molecule has 2 rings (SSSR count). The molecular formula is C14H22BrN3. The van der Waals surface area contributed by atoms with Crippen molar-refractivity contribution in [3.63, 3.8) is 0 Å². The lowest BCUT2D eigenvalue weighted by Crippen LogP contribution is -2.50. The lowest BCUT2D eigenvalue weighted by molar-refractivity contribution is 0.275. The van der Waals surface area contributed by atoms with Crippen LogP contribution in [0.5, 0.6) is 0 Å². The maximum atomic E-state index is 5.92. The van der Waals surface area contributed by atoms with Crippen LogP contribution in [-0.2, 0) is 0 Å². The highest BCUT2D eigenvalue weighted by atomic mass is 79.9. The second-order valence-corrected chi connectivity index (χ2v) is 6.16. The van der Waals surface area contributed by atoms with Crippen LogP contribution in [0.3, 0.4) is 0 Å². The van der Waals surface area contributed by atoms with Gasteiger partial charge in [0.25, 0.3) is 0 Å². The first-order valence-electron chi connectivity index (χ1n) is 6.49. The van der Waals surface area contributed by atoms with E-state index in [2.05, 4.69) is 57.9 Å². The fraction of sp³-hybridized carbons (Fsp3) is 0.571. The first-order chi connectivity index (χ1) is 8.49. The van der Waals surface area contributed by atoms with Crippen LogP contribution >= 0.6 is 15.9 Å². The van der Waals surface area contributed by atoms with Gasteiger partial charge in [-0.3, -0.25) is 0 Å². The minimum atomic E-state index is 0.0836. The van der Waals surface area contributed by atoms with Gasteiger partial charge in [-0.15, -0.1) is 0 Å². The summed E-state index contributed by atoms with van der Waals surface area (Å²) in [4.78, 5) is 4.85. The number of hydrogen-bond donors (Lipinski definition) is 1. The normalized spacial score (nSPS) is 23.2. The van der Waals surface area contributed by atoms with Gasteiger partial charge in [-0.05, 0) is 54.5 Å². The van der Waals surface area contributed by atoms with Crippen LogP contribution in [-0.4, -0.2) is 37.6 Å². The Morgan fingerprint density at radius 2 is 2.11 bits per heavy atom. The second kappa shape index (κ2) is 5.59. The van der Waals surface area contributed by atoms with Gasteiger partial charge >= 0.3 is 0 Å². The number of likely N-dealkylation sites (N-methyl/N-ethyl adjacent to an activating group) is 1. The molecule has 1 aliphatic rings. The first kappa shape index (κ1) is 13.8. The van der Waals surface area contributed by atoms with Crippen LogP contribution in [0.2, 0.25) is 0 Å². The summed E-state index contributed by atoms with van der Waals surface area (Å²) >= 11 is 3.68. The Morgan fingerprint density at radius 3 is 2.67 bits per heavy atom. The topological polar surface area (TPSA) is 32.5 Å². The quantitative estimate of drug-likeness (QED) is 0.911. The fourth-order valence-corrected chi connectivity index (χ4v) is 3.16. The highest BCUT2D eigenvalue weighted by molar-refractivity contribution is 9.10. The molecule has 1 aromatic rings. The van der Waals surface area contributed by atoms with Crippen molar-refractivity contribution < 1.29 is 0 Å². The van der Waals surface area contributed by atoms with Gasteiger partial charge in [-0.2, -0.15) is 0 Å². The first-order valence-corrected chi connectivity index (χ1v) is 7.28. The monoisotopic (exact) mass is 311 g/mol. The van der Waals surface area contributed by atoms with Crippen molar-refractivity contribution in [1.29, 1.82) is 0 Å². The predicted molar refractivity (Wildman–Crippen MR) is 81.0 cm³/mol. The summed E-state index contributed by atoms with van der Waals surface area (Å²) in [5.74, 6) is 0. The van der Waals surface area contributed by atoms with Gasteiger partial charge in [0.15, 0.2) is 0 Å². The number of rotatable bonds is 2. The number of benzene rings is 1. The molecule has 0 aliphatic carbocycles. The van der Waals surface area contributed by atoms with Crippen LogP contribution in [0.1, 0.15) is 25.5 Å². The molecule has 0 saturated carbocycles. The Bertz CT molecular complexity index is 420. The minimum Gasteiger partial charge on any atom is -0.365 e. The van der Waals surface area contributed by atoms with E-state index in [-0.39, 0.29) is 6.04 Å². The maximum absolute atomic E-state index is 5.92. The molecule has 18 heavy (non-hydrogen) atoms. The molecule has 1 fully saturated rings. The van der Waals surface area contributed by atoms with Crippen LogP contribution in [0.15, 0.2) is 22.7 Å². The zero-order valence-corrected chi connectivity index (χ0v) is 12.9. The van der Waals surface area contributed by atoms with Crippen molar-refractivity contribution in [3.8, 4) is 0 Å². The van der Waals surface area contributed by atoms with Gasteiger partial charge < -0.3 is 15.5 Å². The summed E-state index contributed by atoms with van der Waals surface area (Å²) in [5.41, 5.74) is 8.37. The molecule has 0 spiro atoms.